The van der Waals surface area contributed by atoms with Gasteiger partial charge in [0.1, 0.15) is 0 Å². The number of rotatable bonds is 4. The Hall–Kier alpha value is -1.89. The van der Waals surface area contributed by atoms with Gasteiger partial charge >= 0.3 is 5.97 Å². The lowest BCUT2D eigenvalue weighted by Crippen LogP contribution is -2.55. The summed E-state index contributed by atoms with van der Waals surface area (Å²) in [6.45, 7) is 11.7. The van der Waals surface area contributed by atoms with Gasteiger partial charge in [-0.3, -0.25) is 9.59 Å². The zero-order valence-electron chi connectivity index (χ0n) is 17.8. The minimum atomic E-state index is -3.61. The van der Waals surface area contributed by atoms with E-state index in [1.54, 1.807) is 17.0 Å². The number of benzene rings is 1. The monoisotopic (exact) mass is 409 g/mol. The fourth-order valence-electron chi connectivity index (χ4n) is 3.92. The van der Waals surface area contributed by atoms with Crippen molar-refractivity contribution in [3.63, 3.8) is 0 Å². The number of amides is 1. The van der Waals surface area contributed by atoms with Gasteiger partial charge < -0.3 is 9.64 Å². The SMILES string of the molecule is COC(=O)C1CC(S(=O)(=O)c2cccc(C(=O)N(C(C)(C)C)C(C)(C)C)c2)C1. The molecule has 0 bridgehead atoms. The van der Waals surface area contributed by atoms with E-state index in [0.29, 0.717) is 5.56 Å². The van der Waals surface area contributed by atoms with Gasteiger partial charge in [-0.1, -0.05) is 6.07 Å². The van der Waals surface area contributed by atoms with Gasteiger partial charge in [0.05, 0.1) is 23.2 Å². The van der Waals surface area contributed by atoms with Crippen LogP contribution >= 0.6 is 0 Å². The second-order valence-corrected chi connectivity index (χ2v) is 11.6. The van der Waals surface area contributed by atoms with Crippen LogP contribution < -0.4 is 0 Å². The number of ether oxygens (including phenoxy) is 1. The Labute approximate surface area is 168 Å². The number of hydrogen-bond donors (Lipinski definition) is 0. The van der Waals surface area contributed by atoms with Crippen molar-refractivity contribution in [2.24, 2.45) is 5.92 Å². The van der Waals surface area contributed by atoms with E-state index in [2.05, 4.69) is 4.74 Å². The van der Waals surface area contributed by atoms with Crippen LogP contribution in [0, 0.1) is 5.92 Å². The lowest BCUT2D eigenvalue weighted by molar-refractivity contribution is -0.148. The Kier molecular flexibility index (Phi) is 6.00. The Morgan fingerprint density at radius 1 is 1.04 bits per heavy atom. The van der Waals surface area contributed by atoms with Gasteiger partial charge in [0.15, 0.2) is 9.84 Å². The second-order valence-electron chi connectivity index (χ2n) is 9.37. The molecule has 0 spiro atoms. The van der Waals surface area contributed by atoms with Crippen molar-refractivity contribution < 1.29 is 22.7 Å². The molecule has 28 heavy (non-hydrogen) atoms. The summed E-state index contributed by atoms with van der Waals surface area (Å²) in [4.78, 5) is 26.6. The largest absolute Gasteiger partial charge is 0.469 e. The third kappa shape index (κ3) is 4.40. The zero-order valence-corrected chi connectivity index (χ0v) is 18.6. The van der Waals surface area contributed by atoms with Crippen molar-refractivity contribution in [3.8, 4) is 0 Å². The maximum Gasteiger partial charge on any atom is 0.308 e. The van der Waals surface area contributed by atoms with Gasteiger partial charge in [-0.05, 0) is 72.6 Å². The number of hydrogen-bond acceptors (Lipinski definition) is 5. The van der Waals surface area contributed by atoms with Crippen molar-refractivity contribution in [2.75, 3.05) is 7.11 Å². The normalized spacial score (nSPS) is 20.2. The van der Waals surface area contributed by atoms with Crippen LogP contribution in [0.4, 0.5) is 0 Å². The predicted molar refractivity (Wildman–Crippen MR) is 108 cm³/mol. The molecule has 1 aliphatic rings. The Morgan fingerprint density at radius 2 is 1.57 bits per heavy atom. The Balaban J connectivity index is 2.31. The van der Waals surface area contributed by atoms with Gasteiger partial charge in [0.2, 0.25) is 0 Å². The van der Waals surface area contributed by atoms with Gasteiger partial charge in [0, 0.05) is 16.6 Å². The van der Waals surface area contributed by atoms with Crippen molar-refractivity contribution in [3.05, 3.63) is 29.8 Å². The summed E-state index contributed by atoms with van der Waals surface area (Å²) < 4.78 is 30.5. The number of sulfone groups is 1. The van der Waals surface area contributed by atoms with Gasteiger partial charge in [-0.2, -0.15) is 0 Å². The molecule has 2 rings (SSSR count). The molecule has 0 saturated heterocycles. The molecule has 1 aromatic carbocycles. The fourth-order valence-corrected chi connectivity index (χ4v) is 5.84. The van der Waals surface area contributed by atoms with E-state index in [9.17, 15) is 18.0 Å². The predicted octanol–water partition coefficient (Wildman–Crippen LogP) is 3.45. The highest BCUT2D eigenvalue weighted by Crippen LogP contribution is 2.37. The van der Waals surface area contributed by atoms with Crippen LogP contribution in [0.1, 0.15) is 64.7 Å². The highest BCUT2D eigenvalue weighted by Gasteiger charge is 2.44. The molecule has 0 atom stereocenters. The van der Waals surface area contributed by atoms with E-state index < -0.39 is 26.2 Å². The quantitative estimate of drug-likeness (QED) is 0.712. The molecular formula is C21H31NO5S. The Morgan fingerprint density at radius 3 is 2.04 bits per heavy atom. The molecule has 7 heteroatoms. The summed E-state index contributed by atoms with van der Waals surface area (Å²) in [7, 11) is -2.31. The van der Waals surface area contributed by atoms with Crippen molar-refractivity contribution in [1.29, 1.82) is 0 Å². The topological polar surface area (TPSA) is 80.8 Å². The van der Waals surface area contributed by atoms with E-state index in [-0.39, 0.29) is 35.5 Å². The molecule has 1 amide bonds. The van der Waals surface area contributed by atoms with Crippen molar-refractivity contribution in [1.82, 2.24) is 4.90 Å². The summed E-state index contributed by atoms with van der Waals surface area (Å²) in [5.41, 5.74) is -0.507. The lowest BCUT2D eigenvalue weighted by atomic mass is 9.85. The average Bonchev–Trinajstić information content (AvgIpc) is 2.50. The van der Waals surface area contributed by atoms with E-state index in [1.165, 1.54) is 19.2 Å². The first-order valence-corrected chi connectivity index (χ1v) is 11.0. The second kappa shape index (κ2) is 7.50. The van der Waals surface area contributed by atoms with Crippen LogP contribution in [0.5, 0.6) is 0 Å². The molecule has 6 nitrogen and oxygen atoms in total. The summed E-state index contributed by atoms with van der Waals surface area (Å²) in [6.07, 6.45) is 0.507. The molecule has 156 valence electrons. The molecule has 0 radical (unpaired) electrons. The minimum absolute atomic E-state index is 0.120. The highest BCUT2D eigenvalue weighted by molar-refractivity contribution is 7.92. The smallest absolute Gasteiger partial charge is 0.308 e. The highest BCUT2D eigenvalue weighted by atomic mass is 32.2. The Bertz CT molecular complexity index is 842. The van der Waals surface area contributed by atoms with Crippen LogP contribution in [0.15, 0.2) is 29.2 Å². The van der Waals surface area contributed by atoms with E-state index >= 15 is 0 Å². The zero-order chi connectivity index (χ0) is 21.5. The first-order chi connectivity index (χ1) is 12.7. The maximum atomic E-state index is 13.2. The lowest BCUT2D eigenvalue weighted by Gasteiger charge is -2.45. The van der Waals surface area contributed by atoms with Gasteiger partial charge in [-0.25, -0.2) is 8.42 Å². The van der Waals surface area contributed by atoms with E-state index in [1.807, 2.05) is 41.5 Å². The molecule has 1 saturated carbocycles. The third-order valence-corrected chi connectivity index (χ3v) is 7.20. The molecule has 0 N–H and O–H groups in total. The molecule has 1 aromatic rings. The summed E-state index contributed by atoms with van der Waals surface area (Å²) in [5, 5.41) is -0.622. The van der Waals surface area contributed by atoms with Gasteiger partial charge in [-0.15, -0.1) is 0 Å². The molecule has 0 unspecified atom stereocenters. The van der Waals surface area contributed by atoms with E-state index in [0.717, 1.165) is 0 Å². The summed E-state index contributed by atoms with van der Waals surface area (Å²) in [5.74, 6) is -0.952. The number of nitrogens with zero attached hydrogens (tertiary/aromatic N) is 1. The summed E-state index contributed by atoms with van der Waals surface area (Å²) >= 11 is 0. The maximum absolute atomic E-state index is 13.2. The van der Waals surface area contributed by atoms with E-state index in [4.69, 9.17) is 0 Å². The van der Waals surface area contributed by atoms with Crippen molar-refractivity contribution >= 4 is 21.7 Å². The van der Waals surface area contributed by atoms with Crippen LogP contribution in [0.25, 0.3) is 0 Å². The average molecular weight is 410 g/mol. The number of methoxy groups -OCH3 is 1. The first-order valence-electron chi connectivity index (χ1n) is 9.46. The fraction of sp³-hybridized carbons (Fsp3) is 0.619. The number of esters is 1. The molecule has 1 fully saturated rings. The molecular weight excluding hydrogens is 378 g/mol. The molecule has 0 heterocycles. The molecule has 1 aliphatic carbocycles. The number of carbonyl (C=O) groups excluding carboxylic acids is 2. The summed E-state index contributed by atoms with van der Waals surface area (Å²) in [6, 6.07) is 6.20. The van der Waals surface area contributed by atoms with Gasteiger partial charge in [0.25, 0.3) is 5.91 Å². The molecule has 0 aromatic heterocycles. The minimum Gasteiger partial charge on any atom is -0.469 e. The van der Waals surface area contributed by atoms with Crippen LogP contribution in [0.2, 0.25) is 0 Å². The third-order valence-electron chi connectivity index (χ3n) is 5.02. The molecule has 0 aliphatic heterocycles. The standard InChI is InChI=1S/C21H31NO5S/c1-20(2,3)22(21(4,5)6)18(23)14-9-8-10-16(11-14)28(25,26)17-12-15(13-17)19(24)27-7/h8-11,15,17H,12-13H2,1-7H3. The number of carbonyl (C=O) groups is 2. The van der Waals surface area contributed by atoms with Crippen LogP contribution in [-0.2, 0) is 19.4 Å². The van der Waals surface area contributed by atoms with Crippen molar-refractivity contribution in [2.45, 2.75) is 75.6 Å². The van der Waals surface area contributed by atoms with Crippen LogP contribution in [0.3, 0.4) is 0 Å². The first kappa shape index (κ1) is 22.4. The van der Waals surface area contributed by atoms with Crippen LogP contribution in [-0.4, -0.2) is 48.6 Å².